The fourth-order valence-electron chi connectivity index (χ4n) is 2.61. The molecule has 0 atom stereocenters. The summed E-state index contributed by atoms with van der Waals surface area (Å²) in [4.78, 5) is 21.2. The van der Waals surface area contributed by atoms with E-state index in [0.29, 0.717) is 31.0 Å². The number of amides is 1. The maximum absolute atomic E-state index is 12.7. The summed E-state index contributed by atoms with van der Waals surface area (Å²) in [7, 11) is 0. The lowest BCUT2D eigenvalue weighted by Crippen LogP contribution is -2.48. The summed E-state index contributed by atoms with van der Waals surface area (Å²) in [6.45, 7) is 7.27. The predicted molar refractivity (Wildman–Crippen MR) is 90.4 cm³/mol. The van der Waals surface area contributed by atoms with E-state index in [-0.39, 0.29) is 5.91 Å². The molecule has 2 aromatic rings. The number of benzene rings is 1. The standard InChI is InChI=1S/C16H20N4O2S/c1-3-22-14-7-5-4-6-13(14)15(21)19-8-10-20(11-9-19)16-17-12(2)18-23-16/h4-7H,3,8-11H2,1-2H3. The Morgan fingerprint density at radius 3 is 2.65 bits per heavy atom. The molecule has 1 aromatic heterocycles. The third kappa shape index (κ3) is 3.44. The Bertz CT molecular complexity index is 680. The van der Waals surface area contributed by atoms with Crippen LogP contribution in [-0.2, 0) is 0 Å². The number of ether oxygens (including phenoxy) is 1. The molecule has 0 bridgehead atoms. The van der Waals surface area contributed by atoms with Crippen molar-refractivity contribution in [3.05, 3.63) is 35.7 Å². The van der Waals surface area contributed by atoms with Gasteiger partial charge in [0.1, 0.15) is 11.6 Å². The van der Waals surface area contributed by atoms with Crippen LogP contribution in [0.5, 0.6) is 5.75 Å². The van der Waals surface area contributed by atoms with Crippen molar-refractivity contribution in [1.82, 2.24) is 14.3 Å². The zero-order valence-electron chi connectivity index (χ0n) is 13.4. The second kappa shape index (κ2) is 6.95. The fourth-order valence-corrected chi connectivity index (χ4v) is 3.34. The maximum Gasteiger partial charge on any atom is 0.257 e. The first-order valence-corrected chi connectivity index (χ1v) is 8.52. The van der Waals surface area contributed by atoms with Crippen molar-refractivity contribution in [2.45, 2.75) is 13.8 Å². The molecule has 2 heterocycles. The molecular weight excluding hydrogens is 312 g/mol. The van der Waals surface area contributed by atoms with Gasteiger partial charge >= 0.3 is 0 Å². The molecule has 1 fully saturated rings. The highest BCUT2D eigenvalue weighted by molar-refractivity contribution is 7.09. The molecule has 0 N–H and O–H groups in total. The SMILES string of the molecule is CCOc1ccccc1C(=O)N1CCN(c2nc(C)ns2)CC1. The zero-order chi connectivity index (χ0) is 16.2. The Morgan fingerprint density at radius 1 is 1.26 bits per heavy atom. The normalized spacial score (nSPS) is 14.9. The third-order valence-corrected chi connectivity index (χ3v) is 4.64. The van der Waals surface area contributed by atoms with Crippen LogP contribution in [-0.4, -0.2) is 53.0 Å². The minimum Gasteiger partial charge on any atom is -0.493 e. The van der Waals surface area contributed by atoms with Crippen molar-refractivity contribution in [1.29, 1.82) is 0 Å². The van der Waals surface area contributed by atoms with Gasteiger partial charge in [0, 0.05) is 37.7 Å². The molecule has 1 aliphatic rings. The quantitative estimate of drug-likeness (QED) is 0.859. The lowest BCUT2D eigenvalue weighted by Gasteiger charge is -2.34. The zero-order valence-corrected chi connectivity index (χ0v) is 14.2. The number of carbonyl (C=O) groups is 1. The maximum atomic E-state index is 12.7. The first-order chi connectivity index (χ1) is 11.2. The van der Waals surface area contributed by atoms with Gasteiger partial charge in [-0.15, -0.1) is 0 Å². The van der Waals surface area contributed by atoms with Crippen molar-refractivity contribution < 1.29 is 9.53 Å². The summed E-state index contributed by atoms with van der Waals surface area (Å²) in [5, 5.41) is 0.935. The van der Waals surface area contributed by atoms with E-state index in [9.17, 15) is 4.79 Å². The average Bonchev–Trinajstić information content (AvgIpc) is 3.02. The number of anilines is 1. The topological polar surface area (TPSA) is 58.6 Å². The lowest BCUT2D eigenvalue weighted by atomic mass is 10.1. The molecule has 0 radical (unpaired) electrons. The molecule has 23 heavy (non-hydrogen) atoms. The van der Waals surface area contributed by atoms with Gasteiger partial charge in [0.2, 0.25) is 5.13 Å². The van der Waals surface area contributed by atoms with Crippen molar-refractivity contribution >= 4 is 22.6 Å². The monoisotopic (exact) mass is 332 g/mol. The Morgan fingerprint density at radius 2 is 2.00 bits per heavy atom. The van der Waals surface area contributed by atoms with Crippen LogP contribution in [0.15, 0.2) is 24.3 Å². The van der Waals surface area contributed by atoms with Gasteiger partial charge < -0.3 is 14.5 Å². The third-order valence-electron chi connectivity index (χ3n) is 3.77. The number of para-hydroxylation sites is 1. The smallest absolute Gasteiger partial charge is 0.257 e. The van der Waals surface area contributed by atoms with Gasteiger partial charge in [0.15, 0.2) is 0 Å². The van der Waals surface area contributed by atoms with E-state index in [0.717, 1.165) is 24.0 Å². The molecular formula is C16H20N4O2S. The fraction of sp³-hybridized carbons (Fsp3) is 0.438. The van der Waals surface area contributed by atoms with Gasteiger partial charge in [-0.1, -0.05) is 12.1 Å². The van der Waals surface area contributed by atoms with Crippen LogP contribution in [0.1, 0.15) is 23.1 Å². The second-order valence-electron chi connectivity index (χ2n) is 5.33. The highest BCUT2D eigenvalue weighted by Gasteiger charge is 2.25. The molecule has 0 aliphatic carbocycles. The van der Waals surface area contributed by atoms with E-state index >= 15 is 0 Å². The first kappa shape index (κ1) is 15.7. The number of rotatable bonds is 4. The summed E-state index contributed by atoms with van der Waals surface area (Å²) in [6, 6.07) is 7.43. The number of hydrogen-bond acceptors (Lipinski definition) is 6. The van der Waals surface area contributed by atoms with Crippen LogP contribution in [0.25, 0.3) is 0 Å². The van der Waals surface area contributed by atoms with Crippen LogP contribution in [0, 0.1) is 6.92 Å². The highest BCUT2D eigenvalue weighted by atomic mass is 32.1. The van der Waals surface area contributed by atoms with E-state index in [1.807, 2.05) is 43.0 Å². The molecule has 1 aliphatic heterocycles. The van der Waals surface area contributed by atoms with Crippen LogP contribution in [0.2, 0.25) is 0 Å². The molecule has 3 rings (SSSR count). The average molecular weight is 332 g/mol. The first-order valence-electron chi connectivity index (χ1n) is 7.75. The number of hydrogen-bond donors (Lipinski definition) is 0. The number of aromatic nitrogens is 2. The van der Waals surface area contributed by atoms with Crippen LogP contribution >= 0.6 is 11.5 Å². The number of aryl methyl sites for hydroxylation is 1. The van der Waals surface area contributed by atoms with Gasteiger partial charge in [0.25, 0.3) is 5.91 Å². The molecule has 0 unspecified atom stereocenters. The second-order valence-corrected chi connectivity index (χ2v) is 6.06. The Kier molecular flexibility index (Phi) is 4.76. The molecule has 1 saturated heterocycles. The van der Waals surface area contributed by atoms with Gasteiger partial charge in [-0.25, -0.2) is 4.98 Å². The largest absolute Gasteiger partial charge is 0.493 e. The van der Waals surface area contributed by atoms with E-state index in [4.69, 9.17) is 4.74 Å². The molecule has 0 saturated carbocycles. The summed E-state index contributed by atoms with van der Waals surface area (Å²) < 4.78 is 9.79. The summed E-state index contributed by atoms with van der Waals surface area (Å²) >= 11 is 1.41. The molecule has 122 valence electrons. The number of carbonyl (C=O) groups excluding carboxylic acids is 1. The van der Waals surface area contributed by atoms with Crippen molar-refractivity contribution in [2.24, 2.45) is 0 Å². The van der Waals surface area contributed by atoms with Crippen molar-refractivity contribution in [2.75, 3.05) is 37.7 Å². The van der Waals surface area contributed by atoms with E-state index in [1.165, 1.54) is 11.5 Å². The van der Waals surface area contributed by atoms with Gasteiger partial charge in [-0.2, -0.15) is 4.37 Å². The van der Waals surface area contributed by atoms with Crippen LogP contribution in [0.4, 0.5) is 5.13 Å². The Labute approximate surface area is 139 Å². The minimum absolute atomic E-state index is 0.0298. The van der Waals surface area contributed by atoms with Crippen LogP contribution < -0.4 is 9.64 Å². The molecule has 7 heteroatoms. The predicted octanol–water partition coefficient (Wildman–Crippen LogP) is 2.21. The lowest BCUT2D eigenvalue weighted by molar-refractivity contribution is 0.0742. The van der Waals surface area contributed by atoms with E-state index in [1.54, 1.807) is 0 Å². The van der Waals surface area contributed by atoms with E-state index in [2.05, 4.69) is 14.3 Å². The molecule has 1 amide bonds. The number of nitrogens with zero attached hydrogens (tertiary/aromatic N) is 4. The summed E-state index contributed by atoms with van der Waals surface area (Å²) in [6.07, 6.45) is 0. The van der Waals surface area contributed by atoms with Crippen molar-refractivity contribution in [3.63, 3.8) is 0 Å². The van der Waals surface area contributed by atoms with Gasteiger partial charge in [-0.05, 0) is 26.0 Å². The van der Waals surface area contributed by atoms with Gasteiger partial charge in [0.05, 0.1) is 12.2 Å². The highest BCUT2D eigenvalue weighted by Crippen LogP contribution is 2.22. The summed E-state index contributed by atoms with van der Waals surface area (Å²) in [5.41, 5.74) is 0.634. The number of piperazine rings is 1. The van der Waals surface area contributed by atoms with Gasteiger partial charge in [-0.3, -0.25) is 4.79 Å². The Hall–Kier alpha value is -2.15. The van der Waals surface area contributed by atoms with Crippen molar-refractivity contribution in [3.8, 4) is 5.75 Å². The summed E-state index contributed by atoms with van der Waals surface area (Å²) in [5.74, 6) is 1.48. The Balaban J connectivity index is 1.66. The van der Waals surface area contributed by atoms with Crippen LogP contribution in [0.3, 0.4) is 0 Å². The molecule has 6 nitrogen and oxygen atoms in total. The molecule has 0 spiro atoms. The minimum atomic E-state index is 0.0298. The molecule has 1 aromatic carbocycles. The van der Waals surface area contributed by atoms with E-state index < -0.39 is 0 Å².